The highest BCUT2D eigenvalue weighted by atomic mass is 15.2. The van der Waals surface area contributed by atoms with E-state index in [9.17, 15) is 0 Å². The molecule has 0 saturated carbocycles. The van der Waals surface area contributed by atoms with E-state index >= 15 is 0 Å². The number of aromatic nitrogens is 1. The lowest BCUT2D eigenvalue weighted by Crippen LogP contribution is -2.37. The second-order valence-electron chi connectivity index (χ2n) is 4.89. The Morgan fingerprint density at radius 2 is 2.35 bits per heavy atom. The summed E-state index contributed by atoms with van der Waals surface area (Å²) in [5.74, 6) is 0. The van der Waals surface area contributed by atoms with Gasteiger partial charge in [-0.25, -0.2) is 0 Å². The molecule has 2 heterocycles. The van der Waals surface area contributed by atoms with Gasteiger partial charge in [-0.3, -0.25) is 9.88 Å². The minimum absolute atomic E-state index is 0.680. The SMILES string of the molecule is CCN(Cc1cccc(C)n1)C[C@H]1CCCN1. The molecule has 1 aromatic heterocycles. The van der Waals surface area contributed by atoms with Gasteiger partial charge in [0.25, 0.3) is 0 Å². The maximum absolute atomic E-state index is 4.57. The molecule has 0 aliphatic carbocycles. The van der Waals surface area contributed by atoms with Gasteiger partial charge in [-0.15, -0.1) is 0 Å². The number of nitrogens with zero attached hydrogens (tertiary/aromatic N) is 2. The van der Waals surface area contributed by atoms with Crippen LogP contribution in [0.3, 0.4) is 0 Å². The van der Waals surface area contributed by atoms with Crippen molar-refractivity contribution in [2.45, 2.75) is 39.3 Å². The Morgan fingerprint density at radius 1 is 1.47 bits per heavy atom. The van der Waals surface area contributed by atoms with E-state index < -0.39 is 0 Å². The lowest BCUT2D eigenvalue weighted by atomic mass is 10.2. The van der Waals surface area contributed by atoms with E-state index in [1.165, 1.54) is 25.1 Å². The van der Waals surface area contributed by atoms with E-state index in [1.807, 2.05) is 0 Å². The predicted molar refractivity (Wildman–Crippen MR) is 70.9 cm³/mol. The second kappa shape index (κ2) is 6.12. The minimum Gasteiger partial charge on any atom is -0.313 e. The topological polar surface area (TPSA) is 28.2 Å². The highest BCUT2D eigenvalue weighted by molar-refractivity contribution is 5.09. The van der Waals surface area contributed by atoms with Crippen molar-refractivity contribution in [2.24, 2.45) is 0 Å². The molecule has 0 spiro atoms. The summed E-state index contributed by atoms with van der Waals surface area (Å²) < 4.78 is 0. The van der Waals surface area contributed by atoms with Crippen molar-refractivity contribution in [1.82, 2.24) is 15.2 Å². The minimum atomic E-state index is 0.680. The van der Waals surface area contributed by atoms with Crippen molar-refractivity contribution in [3.63, 3.8) is 0 Å². The molecule has 3 heteroatoms. The molecule has 3 nitrogen and oxygen atoms in total. The molecule has 1 aliphatic rings. The van der Waals surface area contributed by atoms with Crippen molar-refractivity contribution in [3.05, 3.63) is 29.6 Å². The first kappa shape index (κ1) is 12.5. The fourth-order valence-electron chi connectivity index (χ4n) is 2.45. The maximum atomic E-state index is 4.57. The molecule has 1 atom stereocenters. The van der Waals surface area contributed by atoms with Gasteiger partial charge < -0.3 is 5.32 Å². The first-order chi connectivity index (χ1) is 8.28. The van der Waals surface area contributed by atoms with Crippen LogP contribution < -0.4 is 5.32 Å². The number of aryl methyl sites for hydroxylation is 1. The Hall–Kier alpha value is -0.930. The molecule has 2 rings (SSSR count). The van der Waals surface area contributed by atoms with Gasteiger partial charge in [-0.05, 0) is 45.0 Å². The van der Waals surface area contributed by atoms with Gasteiger partial charge in [0.2, 0.25) is 0 Å². The van der Waals surface area contributed by atoms with E-state index in [0.717, 1.165) is 25.3 Å². The number of hydrogen-bond acceptors (Lipinski definition) is 3. The molecule has 1 saturated heterocycles. The molecular weight excluding hydrogens is 210 g/mol. The average molecular weight is 233 g/mol. The van der Waals surface area contributed by atoms with Gasteiger partial charge >= 0.3 is 0 Å². The Balaban J connectivity index is 1.90. The van der Waals surface area contributed by atoms with Gasteiger partial charge in [0.05, 0.1) is 5.69 Å². The zero-order valence-corrected chi connectivity index (χ0v) is 10.9. The van der Waals surface area contributed by atoms with Crippen LogP contribution in [0.2, 0.25) is 0 Å². The third kappa shape index (κ3) is 3.79. The third-order valence-electron chi connectivity index (χ3n) is 3.42. The number of hydrogen-bond donors (Lipinski definition) is 1. The third-order valence-corrected chi connectivity index (χ3v) is 3.42. The van der Waals surface area contributed by atoms with Crippen LogP contribution in [0, 0.1) is 6.92 Å². The largest absolute Gasteiger partial charge is 0.313 e. The zero-order valence-electron chi connectivity index (χ0n) is 10.9. The molecule has 17 heavy (non-hydrogen) atoms. The monoisotopic (exact) mass is 233 g/mol. The van der Waals surface area contributed by atoms with Crippen LogP contribution >= 0.6 is 0 Å². The molecule has 0 radical (unpaired) electrons. The highest BCUT2D eigenvalue weighted by Gasteiger charge is 2.17. The van der Waals surface area contributed by atoms with E-state index in [4.69, 9.17) is 0 Å². The second-order valence-corrected chi connectivity index (χ2v) is 4.89. The van der Waals surface area contributed by atoms with Crippen molar-refractivity contribution < 1.29 is 0 Å². The van der Waals surface area contributed by atoms with E-state index in [-0.39, 0.29) is 0 Å². The molecule has 0 aromatic carbocycles. The lowest BCUT2D eigenvalue weighted by molar-refractivity contribution is 0.250. The van der Waals surface area contributed by atoms with Crippen molar-refractivity contribution in [2.75, 3.05) is 19.6 Å². The molecule has 0 unspecified atom stereocenters. The van der Waals surface area contributed by atoms with Crippen LogP contribution in [-0.2, 0) is 6.54 Å². The number of pyridine rings is 1. The van der Waals surface area contributed by atoms with Crippen molar-refractivity contribution in [1.29, 1.82) is 0 Å². The molecule has 1 N–H and O–H groups in total. The van der Waals surface area contributed by atoms with Gasteiger partial charge in [-0.2, -0.15) is 0 Å². The van der Waals surface area contributed by atoms with Crippen LogP contribution in [0.15, 0.2) is 18.2 Å². The number of nitrogens with one attached hydrogen (secondary N) is 1. The maximum Gasteiger partial charge on any atom is 0.0547 e. The fraction of sp³-hybridized carbons (Fsp3) is 0.643. The predicted octanol–water partition coefficient (Wildman–Crippen LogP) is 1.96. The van der Waals surface area contributed by atoms with Crippen LogP contribution in [0.5, 0.6) is 0 Å². The number of rotatable bonds is 5. The Bertz CT molecular complexity index is 345. The average Bonchev–Trinajstić information content (AvgIpc) is 2.81. The molecule has 1 aromatic rings. The van der Waals surface area contributed by atoms with E-state index in [2.05, 4.69) is 47.2 Å². The highest BCUT2D eigenvalue weighted by Crippen LogP contribution is 2.09. The summed E-state index contributed by atoms with van der Waals surface area (Å²) in [6, 6.07) is 6.95. The summed E-state index contributed by atoms with van der Waals surface area (Å²) >= 11 is 0. The molecule has 1 fully saturated rings. The molecule has 94 valence electrons. The summed E-state index contributed by atoms with van der Waals surface area (Å²) in [5, 5.41) is 3.56. The Morgan fingerprint density at radius 3 is 3.00 bits per heavy atom. The molecule has 0 amide bonds. The zero-order chi connectivity index (χ0) is 12.1. The van der Waals surface area contributed by atoms with Crippen LogP contribution in [0.4, 0.5) is 0 Å². The summed E-state index contributed by atoms with van der Waals surface area (Å²) in [6.45, 7) is 8.67. The number of likely N-dealkylation sites (N-methyl/N-ethyl adjacent to an activating group) is 1. The standard InChI is InChI=1S/C14H23N3/c1-3-17(10-13-8-5-9-15-13)11-14-7-4-6-12(2)16-14/h4,6-7,13,15H,3,5,8-11H2,1-2H3/t13-/m1/s1. The molecule has 1 aliphatic heterocycles. The summed E-state index contributed by atoms with van der Waals surface area (Å²) in [6.07, 6.45) is 2.64. The van der Waals surface area contributed by atoms with Crippen LogP contribution in [0.25, 0.3) is 0 Å². The Labute approximate surface area is 104 Å². The first-order valence-electron chi connectivity index (χ1n) is 6.66. The summed E-state index contributed by atoms with van der Waals surface area (Å²) in [7, 11) is 0. The van der Waals surface area contributed by atoms with E-state index in [0.29, 0.717) is 6.04 Å². The molecular formula is C14H23N3. The summed E-state index contributed by atoms with van der Waals surface area (Å²) in [5.41, 5.74) is 2.29. The van der Waals surface area contributed by atoms with Gasteiger partial charge in [0, 0.05) is 24.8 Å². The van der Waals surface area contributed by atoms with Crippen molar-refractivity contribution in [3.8, 4) is 0 Å². The van der Waals surface area contributed by atoms with Gasteiger partial charge in [-0.1, -0.05) is 13.0 Å². The van der Waals surface area contributed by atoms with Gasteiger partial charge in [0.15, 0.2) is 0 Å². The van der Waals surface area contributed by atoms with Crippen LogP contribution in [-0.4, -0.2) is 35.6 Å². The normalized spacial score (nSPS) is 20.1. The quantitative estimate of drug-likeness (QED) is 0.842. The summed E-state index contributed by atoms with van der Waals surface area (Å²) in [4.78, 5) is 7.05. The lowest BCUT2D eigenvalue weighted by Gasteiger charge is -2.23. The van der Waals surface area contributed by atoms with Crippen LogP contribution in [0.1, 0.15) is 31.2 Å². The van der Waals surface area contributed by atoms with E-state index in [1.54, 1.807) is 0 Å². The first-order valence-corrected chi connectivity index (χ1v) is 6.66. The Kier molecular flexibility index (Phi) is 4.51. The van der Waals surface area contributed by atoms with Crippen molar-refractivity contribution >= 4 is 0 Å². The fourth-order valence-corrected chi connectivity index (χ4v) is 2.45. The molecule has 0 bridgehead atoms. The van der Waals surface area contributed by atoms with Gasteiger partial charge in [0.1, 0.15) is 0 Å². The smallest absolute Gasteiger partial charge is 0.0547 e.